The molecule has 1 fully saturated rings. The lowest BCUT2D eigenvalue weighted by molar-refractivity contribution is -0.142. The summed E-state index contributed by atoms with van der Waals surface area (Å²) in [6.07, 6.45) is 0.717. The molecule has 1 aromatic carbocycles. The highest BCUT2D eigenvalue weighted by atomic mass is 16.4. The van der Waals surface area contributed by atoms with Crippen LogP contribution in [0.5, 0.6) is 0 Å². The third-order valence-electron chi connectivity index (χ3n) is 3.06. The number of aliphatic carboxylic acids is 1. The molecule has 1 saturated heterocycles. The Kier molecular flexibility index (Phi) is 2.73. The fourth-order valence-electron chi connectivity index (χ4n) is 2.23. The minimum atomic E-state index is -0.701. The summed E-state index contributed by atoms with van der Waals surface area (Å²) < 4.78 is 0. The number of hydrogen-bond acceptors (Lipinski definition) is 2. The maximum Gasteiger partial charge on any atom is 0.308 e. The molecular weight excluding hydrogens is 190 g/mol. The Hall–Kier alpha value is -1.35. The Morgan fingerprint density at radius 2 is 2.20 bits per heavy atom. The van der Waals surface area contributed by atoms with E-state index < -0.39 is 5.97 Å². The van der Waals surface area contributed by atoms with Crippen LogP contribution in [0.1, 0.15) is 23.6 Å². The van der Waals surface area contributed by atoms with Crippen molar-refractivity contribution >= 4 is 5.97 Å². The zero-order valence-corrected chi connectivity index (χ0v) is 8.73. The maximum absolute atomic E-state index is 11.1. The van der Waals surface area contributed by atoms with Crippen LogP contribution in [0.15, 0.2) is 24.3 Å². The summed E-state index contributed by atoms with van der Waals surface area (Å²) in [6, 6.07) is 7.94. The first-order valence-electron chi connectivity index (χ1n) is 5.22. The van der Waals surface area contributed by atoms with Crippen molar-refractivity contribution in [2.24, 2.45) is 5.92 Å². The van der Waals surface area contributed by atoms with Gasteiger partial charge < -0.3 is 10.4 Å². The second-order valence-corrected chi connectivity index (χ2v) is 4.02. The van der Waals surface area contributed by atoms with Crippen LogP contribution in [0.3, 0.4) is 0 Å². The first-order valence-corrected chi connectivity index (χ1v) is 5.22. The molecule has 2 rings (SSSR count). The third-order valence-corrected chi connectivity index (χ3v) is 3.06. The van der Waals surface area contributed by atoms with Crippen LogP contribution in [0.25, 0.3) is 0 Å². The Morgan fingerprint density at radius 1 is 1.47 bits per heavy atom. The molecule has 0 radical (unpaired) electrons. The number of hydrogen-bond donors (Lipinski definition) is 2. The molecule has 1 aromatic rings. The van der Waals surface area contributed by atoms with Crippen LogP contribution < -0.4 is 5.32 Å². The van der Waals surface area contributed by atoms with Gasteiger partial charge in [-0.15, -0.1) is 0 Å². The Labute approximate surface area is 89.1 Å². The lowest BCUT2D eigenvalue weighted by Crippen LogP contribution is -2.23. The van der Waals surface area contributed by atoms with Gasteiger partial charge in [-0.1, -0.05) is 24.3 Å². The zero-order valence-electron chi connectivity index (χ0n) is 8.73. The predicted molar refractivity (Wildman–Crippen MR) is 57.7 cm³/mol. The highest BCUT2D eigenvalue weighted by Gasteiger charge is 2.34. The topological polar surface area (TPSA) is 49.3 Å². The molecule has 0 bridgehead atoms. The van der Waals surface area contributed by atoms with Crippen molar-refractivity contribution < 1.29 is 9.90 Å². The van der Waals surface area contributed by atoms with Gasteiger partial charge in [0.1, 0.15) is 0 Å². The number of carboxylic acids is 1. The van der Waals surface area contributed by atoms with Crippen molar-refractivity contribution in [1.29, 1.82) is 0 Å². The number of carboxylic acid groups (broad SMARTS) is 1. The quantitative estimate of drug-likeness (QED) is 0.773. The van der Waals surface area contributed by atoms with E-state index in [0.29, 0.717) is 6.42 Å². The first-order chi connectivity index (χ1) is 7.20. The minimum Gasteiger partial charge on any atom is -0.481 e. The van der Waals surface area contributed by atoms with Gasteiger partial charge in [0.2, 0.25) is 0 Å². The lowest BCUT2D eigenvalue weighted by atomic mass is 9.92. The molecule has 1 heterocycles. The molecule has 0 unspecified atom stereocenters. The summed E-state index contributed by atoms with van der Waals surface area (Å²) in [4.78, 5) is 11.1. The van der Waals surface area contributed by atoms with Crippen LogP contribution in [0, 0.1) is 12.8 Å². The number of carbonyl (C=O) groups is 1. The van der Waals surface area contributed by atoms with E-state index in [2.05, 4.69) is 5.32 Å². The van der Waals surface area contributed by atoms with Crippen LogP contribution in [0.2, 0.25) is 0 Å². The van der Waals surface area contributed by atoms with Crippen molar-refractivity contribution in [3.63, 3.8) is 0 Å². The second kappa shape index (κ2) is 4.03. The van der Waals surface area contributed by atoms with Gasteiger partial charge in [-0.25, -0.2) is 0 Å². The summed E-state index contributed by atoms with van der Waals surface area (Å²) in [5.74, 6) is -0.987. The SMILES string of the molecule is Cc1ccccc1[C@H]1NCC[C@H]1C(=O)O. The largest absolute Gasteiger partial charge is 0.481 e. The second-order valence-electron chi connectivity index (χ2n) is 4.02. The molecule has 1 aliphatic heterocycles. The molecule has 2 atom stereocenters. The number of rotatable bonds is 2. The number of nitrogens with one attached hydrogen (secondary N) is 1. The smallest absolute Gasteiger partial charge is 0.308 e. The molecule has 80 valence electrons. The normalized spacial score (nSPS) is 25.4. The summed E-state index contributed by atoms with van der Waals surface area (Å²) >= 11 is 0. The monoisotopic (exact) mass is 205 g/mol. The number of benzene rings is 1. The van der Waals surface area contributed by atoms with Crippen LogP contribution in [-0.2, 0) is 4.79 Å². The van der Waals surface area contributed by atoms with Crippen molar-refractivity contribution in [3.05, 3.63) is 35.4 Å². The van der Waals surface area contributed by atoms with Gasteiger partial charge >= 0.3 is 5.97 Å². The van der Waals surface area contributed by atoms with Gasteiger partial charge in [0.15, 0.2) is 0 Å². The van der Waals surface area contributed by atoms with Gasteiger partial charge in [-0.3, -0.25) is 4.79 Å². The van der Waals surface area contributed by atoms with Crippen LogP contribution >= 0.6 is 0 Å². The van der Waals surface area contributed by atoms with Gasteiger partial charge in [-0.05, 0) is 31.0 Å². The molecule has 15 heavy (non-hydrogen) atoms. The Balaban J connectivity index is 2.30. The summed E-state index contributed by atoms with van der Waals surface area (Å²) in [6.45, 7) is 2.81. The highest BCUT2D eigenvalue weighted by Crippen LogP contribution is 2.31. The Bertz CT molecular complexity index is 376. The third kappa shape index (κ3) is 1.88. The molecule has 0 saturated carbocycles. The van der Waals surface area contributed by atoms with E-state index in [9.17, 15) is 4.79 Å². The van der Waals surface area contributed by atoms with E-state index in [1.165, 1.54) is 0 Å². The molecule has 0 aromatic heterocycles. The molecule has 2 N–H and O–H groups in total. The molecular formula is C12H15NO2. The van der Waals surface area contributed by atoms with Gasteiger partial charge in [-0.2, -0.15) is 0 Å². The zero-order chi connectivity index (χ0) is 10.8. The molecule has 0 amide bonds. The highest BCUT2D eigenvalue weighted by molar-refractivity contribution is 5.72. The summed E-state index contributed by atoms with van der Waals surface area (Å²) in [5.41, 5.74) is 2.27. The first kappa shape index (κ1) is 10.2. The fourth-order valence-corrected chi connectivity index (χ4v) is 2.23. The summed E-state index contributed by atoms with van der Waals surface area (Å²) in [7, 11) is 0. The van der Waals surface area contributed by atoms with E-state index in [1.54, 1.807) is 0 Å². The van der Waals surface area contributed by atoms with Crippen molar-refractivity contribution in [1.82, 2.24) is 5.32 Å². The molecule has 0 aliphatic carbocycles. The van der Waals surface area contributed by atoms with Gasteiger partial charge in [0, 0.05) is 6.04 Å². The fraction of sp³-hybridized carbons (Fsp3) is 0.417. The molecule has 1 aliphatic rings. The minimum absolute atomic E-state index is 0.0244. The molecule has 0 spiro atoms. The Morgan fingerprint density at radius 3 is 2.87 bits per heavy atom. The van der Waals surface area contributed by atoms with E-state index in [1.807, 2.05) is 31.2 Å². The molecule has 3 nitrogen and oxygen atoms in total. The van der Waals surface area contributed by atoms with E-state index in [4.69, 9.17) is 5.11 Å². The average molecular weight is 205 g/mol. The van der Waals surface area contributed by atoms with Gasteiger partial charge in [0.05, 0.1) is 5.92 Å². The van der Waals surface area contributed by atoms with Crippen LogP contribution in [0.4, 0.5) is 0 Å². The van der Waals surface area contributed by atoms with E-state index >= 15 is 0 Å². The lowest BCUT2D eigenvalue weighted by Gasteiger charge is -2.18. The number of aryl methyl sites for hydroxylation is 1. The summed E-state index contributed by atoms with van der Waals surface area (Å²) in [5, 5.41) is 12.4. The average Bonchev–Trinajstić information content (AvgIpc) is 2.67. The van der Waals surface area contributed by atoms with Gasteiger partial charge in [0.25, 0.3) is 0 Å². The molecule has 3 heteroatoms. The van der Waals surface area contributed by atoms with Crippen molar-refractivity contribution in [3.8, 4) is 0 Å². The van der Waals surface area contributed by atoms with Crippen LogP contribution in [-0.4, -0.2) is 17.6 Å². The van der Waals surface area contributed by atoms with E-state index in [0.717, 1.165) is 17.7 Å². The standard InChI is InChI=1S/C12H15NO2/c1-8-4-2-3-5-9(8)11-10(12(14)15)6-7-13-11/h2-5,10-11,13H,6-7H2,1H3,(H,14,15)/t10-,11-/m1/s1. The predicted octanol–water partition coefficient (Wildman–Crippen LogP) is 1.73. The van der Waals surface area contributed by atoms with Crippen molar-refractivity contribution in [2.45, 2.75) is 19.4 Å². The van der Waals surface area contributed by atoms with Crippen molar-refractivity contribution in [2.75, 3.05) is 6.54 Å². The van der Waals surface area contributed by atoms with E-state index in [-0.39, 0.29) is 12.0 Å². The maximum atomic E-state index is 11.1.